The Hall–Kier alpha value is -1.89. The summed E-state index contributed by atoms with van der Waals surface area (Å²) in [4.78, 5) is 11.2. The van der Waals surface area contributed by atoms with Crippen molar-refractivity contribution >= 4 is 28.8 Å². The smallest absolute Gasteiger partial charge is 0.317 e. The normalized spacial score (nSPS) is 16.3. The molecule has 1 saturated heterocycles. The van der Waals surface area contributed by atoms with Gasteiger partial charge in [-0.15, -0.1) is 5.10 Å². The highest BCUT2D eigenvalue weighted by Gasteiger charge is 2.17. The lowest BCUT2D eigenvalue weighted by atomic mass is 9.99. The molecule has 0 bridgehead atoms. The summed E-state index contributed by atoms with van der Waals surface area (Å²) in [7, 11) is 0. The van der Waals surface area contributed by atoms with E-state index in [0.717, 1.165) is 32.0 Å². The molecule has 1 aromatic carbocycles. The van der Waals surface area contributed by atoms with Crippen molar-refractivity contribution in [1.82, 2.24) is 24.5 Å². The highest BCUT2D eigenvalue weighted by Crippen LogP contribution is 2.30. The number of benzene rings is 1. The van der Waals surface area contributed by atoms with E-state index in [0.29, 0.717) is 32.8 Å². The summed E-state index contributed by atoms with van der Waals surface area (Å²) in [5.41, 5.74) is 1.77. The largest absolute Gasteiger partial charge is 0.479 e. The van der Waals surface area contributed by atoms with Gasteiger partial charge in [-0.25, -0.2) is 4.98 Å². The zero-order chi connectivity index (χ0) is 19.0. The molecule has 0 amide bonds. The minimum Gasteiger partial charge on any atom is -0.479 e. The van der Waals surface area contributed by atoms with Crippen LogP contribution in [0.4, 0.5) is 0 Å². The van der Waals surface area contributed by atoms with Crippen LogP contribution in [0.5, 0.6) is 6.01 Å². The lowest BCUT2D eigenvalue weighted by Gasteiger charge is -2.29. The molecule has 0 radical (unpaired) electrons. The second-order valence-electron chi connectivity index (χ2n) is 7.14. The Morgan fingerprint density at radius 1 is 1.15 bits per heavy atom. The number of nitrogens with zero attached hydrogens (tertiary/aromatic N) is 5. The van der Waals surface area contributed by atoms with Crippen LogP contribution < -0.4 is 0 Å². The van der Waals surface area contributed by atoms with Crippen LogP contribution in [0.15, 0.2) is 24.3 Å². The van der Waals surface area contributed by atoms with Crippen LogP contribution in [0.2, 0.25) is 10.0 Å². The van der Waals surface area contributed by atoms with E-state index in [1.807, 2.05) is 0 Å². The molecular formula is C19H21Cl2N5O. The Kier molecular flexibility index (Phi) is 5.21. The first-order valence-corrected chi connectivity index (χ1v) is 9.88. The quantitative estimate of drug-likeness (QED) is 0.707. The van der Waals surface area contributed by atoms with Crippen molar-refractivity contribution in [2.24, 2.45) is 5.92 Å². The van der Waals surface area contributed by atoms with Gasteiger partial charge in [-0.2, -0.15) is 9.50 Å². The fourth-order valence-corrected chi connectivity index (χ4v) is 3.91. The summed E-state index contributed by atoms with van der Waals surface area (Å²) in [5, 5.41) is 15.7. The third-order valence-corrected chi connectivity index (χ3v) is 5.63. The van der Waals surface area contributed by atoms with Crippen molar-refractivity contribution < 1.29 is 5.11 Å². The number of likely N-dealkylation sites (tertiary alicyclic amines) is 1. The number of piperidine rings is 1. The summed E-state index contributed by atoms with van der Waals surface area (Å²) < 4.78 is 1.36. The molecule has 1 aliphatic rings. The number of fused-ring (bicyclic) bond motifs is 1. The van der Waals surface area contributed by atoms with Crippen LogP contribution in [0.3, 0.4) is 0 Å². The molecule has 0 unspecified atom stereocenters. The van der Waals surface area contributed by atoms with Crippen molar-refractivity contribution in [1.29, 1.82) is 0 Å². The predicted octanol–water partition coefficient (Wildman–Crippen LogP) is 4.08. The molecule has 3 heterocycles. The Labute approximate surface area is 167 Å². The number of hydrogen-bond acceptors (Lipinski definition) is 5. The molecular weight excluding hydrogens is 385 g/mol. The van der Waals surface area contributed by atoms with E-state index >= 15 is 0 Å². The average Bonchev–Trinajstić information content (AvgIpc) is 3.05. The van der Waals surface area contributed by atoms with Crippen molar-refractivity contribution in [3.63, 3.8) is 0 Å². The molecule has 8 heteroatoms. The van der Waals surface area contributed by atoms with Gasteiger partial charge in [-0.05, 0) is 50.0 Å². The molecule has 4 rings (SSSR count). The minimum absolute atomic E-state index is 0.209. The molecule has 0 spiro atoms. The second kappa shape index (κ2) is 7.62. The van der Waals surface area contributed by atoms with E-state index in [-0.39, 0.29) is 6.01 Å². The summed E-state index contributed by atoms with van der Waals surface area (Å²) in [6, 6.07) is 6.72. The Bertz CT molecular complexity index is 966. The second-order valence-corrected chi connectivity index (χ2v) is 7.98. The topological polar surface area (TPSA) is 66.5 Å². The number of hydrogen-bond donors (Lipinski definition) is 1. The van der Waals surface area contributed by atoms with Gasteiger partial charge in [-0.3, -0.25) is 0 Å². The fourth-order valence-electron chi connectivity index (χ4n) is 3.40. The number of aromatic nitrogens is 4. The number of rotatable bonds is 4. The van der Waals surface area contributed by atoms with Gasteiger partial charge in [0.1, 0.15) is 0 Å². The van der Waals surface area contributed by atoms with Gasteiger partial charge in [0, 0.05) is 29.6 Å². The third-order valence-electron chi connectivity index (χ3n) is 5.09. The molecule has 27 heavy (non-hydrogen) atoms. The maximum absolute atomic E-state index is 10.3. The molecule has 2 aromatic heterocycles. The molecule has 0 atom stereocenters. The van der Waals surface area contributed by atoms with Crippen molar-refractivity contribution in [2.45, 2.75) is 26.2 Å². The molecule has 0 saturated carbocycles. The van der Waals surface area contributed by atoms with Gasteiger partial charge < -0.3 is 10.0 Å². The highest BCUT2D eigenvalue weighted by molar-refractivity contribution is 6.36. The summed E-state index contributed by atoms with van der Waals surface area (Å²) >= 11 is 12.2. The minimum atomic E-state index is -0.209. The van der Waals surface area contributed by atoms with Crippen LogP contribution in [0.1, 0.15) is 25.6 Å². The van der Waals surface area contributed by atoms with Crippen molar-refractivity contribution in [3.05, 3.63) is 40.1 Å². The monoisotopic (exact) mass is 405 g/mol. The highest BCUT2D eigenvalue weighted by atomic mass is 35.5. The first-order valence-electron chi connectivity index (χ1n) is 9.13. The van der Waals surface area contributed by atoms with Gasteiger partial charge in [0.05, 0.1) is 10.7 Å². The zero-order valence-corrected chi connectivity index (χ0v) is 16.6. The maximum atomic E-state index is 10.3. The van der Waals surface area contributed by atoms with Crippen LogP contribution in [-0.4, -0.2) is 49.2 Å². The molecule has 6 nitrogen and oxygen atoms in total. The van der Waals surface area contributed by atoms with E-state index in [1.165, 1.54) is 17.4 Å². The maximum Gasteiger partial charge on any atom is 0.317 e. The molecule has 1 N–H and O–H groups in total. The van der Waals surface area contributed by atoms with Crippen LogP contribution in [0.25, 0.3) is 16.9 Å². The Morgan fingerprint density at radius 3 is 2.67 bits per heavy atom. The molecule has 0 aliphatic carbocycles. The average molecular weight is 406 g/mol. The van der Waals surface area contributed by atoms with Gasteiger partial charge >= 0.3 is 6.01 Å². The van der Waals surface area contributed by atoms with Gasteiger partial charge in [-0.1, -0.05) is 30.1 Å². The Morgan fingerprint density at radius 2 is 1.93 bits per heavy atom. The standard InChI is InChI=1S/C19H21Cl2N5O/c1-12-4-7-25(8-5-12)9-6-17-23-18-11-16(22-19(27)26(18)24-17)14-3-2-13(20)10-15(14)21/h2-3,10-12H,4-9H2,1H3,(H,22,27). The van der Waals surface area contributed by atoms with E-state index < -0.39 is 0 Å². The number of aromatic hydroxyl groups is 1. The molecule has 1 aliphatic heterocycles. The summed E-state index contributed by atoms with van der Waals surface area (Å²) in [5.74, 6) is 1.51. The zero-order valence-electron chi connectivity index (χ0n) is 15.1. The fraction of sp³-hybridized carbons (Fsp3) is 0.421. The first-order chi connectivity index (χ1) is 13.0. The van der Waals surface area contributed by atoms with E-state index in [4.69, 9.17) is 23.2 Å². The molecule has 3 aromatic rings. The first kappa shape index (κ1) is 18.5. The van der Waals surface area contributed by atoms with Crippen molar-refractivity contribution in [2.75, 3.05) is 19.6 Å². The SMILES string of the molecule is CC1CCN(CCc2nc3cc(-c4ccc(Cl)cc4Cl)nc(O)n3n2)CC1. The summed E-state index contributed by atoms with van der Waals surface area (Å²) in [6.07, 6.45) is 3.23. The van der Waals surface area contributed by atoms with Crippen LogP contribution >= 0.6 is 23.2 Å². The van der Waals surface area contributed by atoms with Crippen molar-refractivity contribution in [3.8, 4) is 17.3 Å². The third kappa shape index (κ3) is 4.03. The Balaban J connectivity index is 1.56. The van der Waals surface area contributed by atoms with E-state index in [2.05, 4.69) is 26.9 Å². The lowest BCUT2D eigenvalue weighted by molar-refractivity contribution is 0.193. The van der Waals surface area contributed by atoms with Crippen LogP contribution in [0, 0.1) is 5.92 Å². The summed E-state index contributed by atoms with van der Waals surface area (Å²) in [6.45, 7) is 5.48. The van der Waals surface area contributed by atoms with Gasteiger partial charge in [0.2, 0.25) is 0 Å². The number of halogens is 2. The lowest BCUT2D eigenvalue weighted by Crippen LogP contribution is -2.34. The van der Waals surface area contributed by atoms with E-state index in [1.54, 1.807) is 24.3 Å². The predicted molar refractivity (Wildman–Crippen MR) is 106 cm³/mol. The van der Waals surface area contributed by atoms with Gasteiger partial charge in [0.15, 0.2) is 11.5 Å². The molecule has 142 valence electrons. The van der Waals surface area contributed by atoms with Crippen LogP contribution in [-0.2, 0) is 6.42 Å². The van der Waals surface area contributed by atoms with E-state index in [9.17, 15) is 5.11 Å². The van der Waals surface area contributed by atoms with Gasteiger partial charge in [0.25, 0.3) is 0 Å². The molecule has 1 fully saturated rings.